The van der Waals surface area contributed by atoms with Crippen LogP contribution in [0.4, 0.5) is 4.39 Å². The van der Waals surface area contributed by atoms with Gasteiger partial charge in [0.1, 0.15) is 0 Å². The van der Waals surface area contributed by atoms with Crippen LogP contribution >= 0.6 is 11.6 Å². The number of halogens is 2. The van der Waals surface area contributed by atoms with Crippen molar-refractivity contribution in [3.8, 4) is 0 Å². The molecule has 4 heteroatoms. The molecule has 10 heavy (non-hydrogen) atoms. The van der Waals surface area contributed by atoms with Crippen LogP contribution in [-0.2, 0) is 0 Å². The predicted octanol–water partition coefficient (Wildman–Crippen LogP) is 1.69. The highest BCUT2D eigenvalue weighted by molar-refractivity contribution is 6.30. The molecule has 0 bridgehead atoms. The molecule has 0 aliphatic heterocycles. The van der Waals surface area contributed by atoms with E-state index >= 15 is 0 Å². The van der Waals surface area contributed by atoms with Gasteiger partial charge in [0.15, 0.2) is 6.29 Å². The van der Waals surface area contributed by atoms with E-state index in [4.69, 9.17) is 11.6 Å². The van der Waals surface area contributed by atoms with Gasteiger partial charge >= 0.3 is 0 Å². The van der Waals surface area contributed by atoms with Gasteiger partial charge in [-0.2, -0.15) is 4.39 Å². The van der Waals surface area contributed by atoms with E-state index in [1.54, 1.807) is 0 Å². The van der Waals surface area contributed by atoms with Crippen molar-refractivity contribution in [1.29, 1.82) is 0 Å². The Morgan fingerprint density at radius 1 is 1.70 bits per heavy atom. The molecular weight excluding hydrogens is 157 g/mol. The molecule has 1 heterocycles. The Labute approximate surface area is 61.6 Å². The number of rotatable bonds is 1. The molecule has 0 radical (unpaired) electrons. The number of hydrogen-bond acceptors (Lipinski definition) is 2. The van der Waals surface area contributed by atoms with Crippen molar-refractivity contribution in [3.63, 3.8) is 0 Å². The minimum absolute atomic E-state index is 0.135. The van der Waals surface area contributed by atoms with E-state index < -0.39 is 5.95 Å². The number of carbonyl (C=O) groups excluding carboxylic acids is 1. The van der Waals surface area contributed by atoms with Crippen LogP contribution in [0.25, 0.3) is 0 Å². The highest BCUT2D eigenvalue weighted by Gasteiger charge is 1.99. The summed E-state index contributed by atoms with van der Waals surface area (Å²) in [5.74, 6) is -0.757. The standard InChI is InChI=1S/C6H3ClFNO/c7-5-1-4(3-10)2-9-6(5)8/h1-3H. The van der Waals surface area contributed by atoms with Crippen LogP contribution in [0, 0.1) is 5.95 Å². The summed E-state index contributed by atoms with van der Waals surface area (Å²) in [6.07, 6.45) is 1.67. The summed E-state index contributed by atoms with van der Waals surface area (Å²) in [5, 5.41) is -0.135. The number of hydrogen-bond donors (Lipinski definition) is 0. The van der Waals surface area contributed by atoms with Gasteiger partial charge in [0.05, 0.1) is 5.02 Å². The maximum atomic E-state index is 12.3. The van der Waals surface area contributed by atoms with E-state index in [1.807, 2.05) is 0 Å². The van der Waals surface area contributed by atoms with Crippen LogP contribution in [0.5, 0.6) is 0 Å². The van der Waals surface area contributed by atoms with Crippen LogP contribution in [0.2, 0.25) is 5.02 Å². The fraction of sp³-hybridized carbons (Fsp3) is 0. The van der Waals surface area contributed by atoms with Gasteiger partial charge in [-0.3, -0.25) is 4.79 Å². The minimum Gasteiger partial charge on any atom is -0.298 e. The molecular formula is C6H3ClFNO. The van der Waals surface area contributed by atoms with E-state index in [1.165, 1.54) is 6.07 Å². The Morgan fingerprint density at radius 3 is 2.90 bits per heavy atom. The van der Waals surface area contributed by atoms with Crippen molar-refractivity contribution in [2.24, 2.45) is 0 Å². The third-order valence-corrected chi connectivity index (χ3v) is 1.22. The average Bonchev–Trinajstić information content (AvgIpc) is 1.95. The van der Waals surface area contributed by atoms with Crippen LogP contribution in [0.15, 0.2) is 12.3 Å². The van der Waals surface area contributed by atoms with E-state index in [0.29, 0.717) is 6.29 Å². The van der Waals surface area contributed by atoms with Crippen molar-refractivity contribution >= 4 is 17.9 Å². The number of aldehydes is 1. The summed E-state index contributed by atoms with van der Waals surface area (Å²) >= 11 is 5.30. The topological polar surface area (TPSA) is 30.0 Å². The third-order valence-electron chi connectivity index (χ3n) is 0.954. The van der Waals surface area contributed by atoms with Crippen molar-refractivity contribution in [2.75, 3.05) is 0 Å². The lowest BCUT2D eigenvalue weighted by Gasteiger charge is -1.91. The molecule has 0 aromatic carbocycles. The number of aromatic nitrogens is 1. The number of carbonyl (C=O) groups is 1. The largest absolute Gasteiger partial charge is 0.298 e. The summed E-state index contributed by atoms with van der Waals surface area (Å²) in [4.78, 5) is 13.3. The highest BCUT2D eigenvalue weighted by atomic mass is 35.5. The number of nitrogens with zero attached hydrogens (tertiary/aromatic N) is 1. The Bertz CT molecular complexity index is 264. The zero-order valence-electron chi connectivity index (χ0n) is 4.84. The zero-order chi connectivity index (χ0) is 7.56. The number of pyridine rings is 1. The lowest BCUT2D eigenvalue weighted by Crippen LogP contribution is -1.87. The minimum atomic E-state index is -0.757. The molecule has 0 N–H and O–H groups in total. The quantitative estimate of drug-likeness (QED) is 0.461. The molecule has 0 atom stereocenters. The first-order valence-electron chi connectivity index (χ1n) is 2.50. The van der Waals surface area contributed by atoms with Crippen molar-refractivity contribution in [2.45, 2.75) is 0 Å². The predicted molar refractivity (Wildman–Crippen MR) is 34.6 cm³/mol. The lowest BCUT2D eigenvalue weighted by molar-refractivity contribution is 0.112. The molecule has 1 aromatic heterocycles. The van der Waals surface area contributed by atoms with E-state index in [2.05, 4.69) is 4.98 Å². The van der Waals surface area contributed by atoms with Crippen LogP contribution in [0.3, 0.4) is 0 Å². The summed E-state index contributed by atoms with van der Waals surface area (Å²) in [6.45, 7) is 0. The van der Waals surface area contributed by atoms with E-state index in [-0.39, 0.29) is 10.6 Å². The molecule has 1 aromatic rings. The van der Waals surface area contributed by atoms with Crippen molar-refractivity contribution < 1.29 is 9.18 Å². The average molecular weight is 160 g/mol. The van der Waals surface area contributed by atoms with Gasteiger partial charge in [-0.15, -0.1) is 0 Å². The van der Waals surface area contributed by atoms with Crippen LogP contribution in [-0.4, -0.2) is 11.3 Å². The van der Waals surface area contributed by atoms with E-state index in [0.717, 1.165) is 6.20 Å². The van der Waals surface area contributed by atoms with Crippen molar-refractivity contribution in [1.82, 2.24) is 4.98 Å². The monoisotopic (exact) mass is 159 g/mol. The molecule has 0 spiro atoms. The molecule has 52 valence electrons. The van der Waals surface area contributed by atoms with Gasteiger partial charge in [0.25, 0.3) is 0 Å². The van der Waals surface area contributed by atoms with Crippen molar-refractivity contribution in [3.05, 3.63) is 28.8 Å². The second-order valence-corrected chi connectivity index (χ2v) is 2.07. The SMILES string of the molecule is O=Cc1cnc(F)c(Cl)c1. The first kappa shape index (κ1) is 7.15. The van der Waals surface area contributed by atoms with Gasteiger partial charge in [-0.05, 0) is 6.07 Å². The maximum absolute atomic E-state index is 12.3. The Morgan fingerprint density at radius 2 is 2.40 bits per heavy atom. The van der Waals surface area contributed by atoms with Gasteiger partial charge in [-0.1, -0.05) is 11.6 Å². The van der Waals surface area contributed by atoms with Gasteiger partial charge in [0, 0.05) is 11.8 Å². The smallest absolute Gasteiger partial charge is 0.231 e. The molecule has 0 amide bonds. The Hall–Kier alpha value is -0.960. The Balaban J connectivity index is 3.16. The molecule has 0 aliphatic rings. The lowest BCUT2D eigenvalue weighted by atomic mass is 10.3. The normalized spacial score (nSPS) is 9.40. The fourth-order valence-corrected chi connectivity index (χ4v) is 0.675. The molecule has 1 rings (SSSR count). The van der Waals surface area contributed by atoms with Gasteiger partial charge in [-0.25, -0.2) is 4.98 Å². The maximum Gasteiger partial charge on any atom is 0.231 e. The first-order chi connectivity index (χ1) is 4.74. The molecule has 0 aliphatic carbocycles. The Kier molecular flexibility index (Phi) is 1.97. The molecule has 0 saturated heterocycles. The molecule has 2 nitrogen and oxygen atoms in total. The summed E-state index contributed by atoms with van der Waals surface area (Å²) in [7, 11) is 0. The van der Waals surface area contributed by atoms with Crippen LogP contribution in [0.1, 0.15) is 10.4 Å². The molecule has 0 unspecified atom stereocenters. The summed E-state index contributed by atoms with van der Waals surface area (Å²) in [6, 6.07) is 1.22. The fourth-order valence-electron chi connectivity index (χ4n) is 0.500. The van der Waals surface area contributed by atoms with Crippen LogP contribution < -0.4 is 0 Å². The second kappa shape index (κ2) is 2.75. The third kappa shape index (κ3) is 1.30. The first-order valence-corrected chi connectivity index (χ1v) is 2.88. The second-order valence-electron chi connectivity index (χ2n) is 1.66. The van der Waals surface area contributed by atoms with E-state index in [9.17, 15) is 9.18 Å². The zero-order valence-corrected chi connectivity index (χ0v) is 5.60. The highest BCUT2D eigenvalue weighted by Crippen LogP contribution is 2.11. The molecule has 0 fully saturated rings. The summed E-state index contributed by atoms with van der Waals surface area (Å²) < 4.78 is 12.3. The molecule has 0 saturated carbocycles. The van der Waals surface area contributed by atoms with Gasteiger partial charge < -0.3 is 0 Å². The van der Waals surface area contributed by atoms with Gasteiger partial charge in [0.2, 0.25) is 5.95 Å². The summed E-state index contributed by atoms with van der Waals surface area (Å²) in [5.41, 5.74) is 0.270.